The van der Waals surface area contributed by atoms with Crippen molar-refractivity contribution >= 4 is 35.5 Å². The van der Waals surface area contributed by atoms with Gasteiger partial charge in [0.15, 0.2) is 0 Å². The van der Waals surface area contributed by atoms with Gasteiger partial charge in [0.25, 0.3) is 5.91 Å². The molecule has 2 amide bonds. The van der Waals surface area contributed by atoms with Gasteiger partial charge in [-0.1, -0.05) is 12.1 Å². The first kappa shape index (κ1) is 22.6. The minimum Gasteiger partial charge on any atom is -0.492 e. The molecule has 0 unspecified atom stereocenters. The Morgan fingerprint density at radius 2 is 2.13 bits per heavy atom. The number of esters is 1. The summed E-state index contributed by atoms with van der Waals surface area (Å²) in [5.41, 5.74) is 6.28. The number of hydrogen-bond acceptors (Lipinski definition) is 8. The highest BCUT2D eigenvalue weighted by atomic mass is 32.2. The van der Waals surface area contributed by atoms with Gasteiger partial charge in [-0.25, -0.2) is 4.79 Å². The monoisotopic (exact) mass is 449 g/mol. The number of amides is 2. The van der Waals surface area contributed by atoms with Gasteiger partial charge in [-0.15, -0.1) is 11.8 Å². The fraction of sp³-hybridized carbons (Fsp3) is 0.400. The highest BCUT2D eigenvalue weighted by Gasteiger charge is 2.54. The number of ether oxygens (including phenoxy) is 2. The molecule has 31 heavy (non-hydrogen) atoms. The number of β-lactam (4-membered cyclic amide) rings is 1. The predicted molar refractivity (Wildman–Crippen MR) is 111 cm³/mol. The zero-order chi connectivity index (χ0) is 22.5. The van der Waals surface area contributed by atoms with Gasteiger partial charge in [0.2, 0.25) is 5.91 Å². The van der Waals surface area contributed by atoms with Crippen molar-refractivity contribution in [2.45, 2.75) is 24.8 Å². The van der Waals surface area contributed by atoms with Gasteiger partial charge < -0.3 is 25.6 Å². The maximum Gasteiger partial charge on any atom is 0.352 e. The molecule has 2 heterocycles. The second kappa shape index (κ2) is 9.84. The molecule has 1 aromatic rings. The molecule has 2 aliphatic rings. The van der Waals surface area contributed by atoms with Crippen LogP contribution in [-0.2, 0) is 30.3 Å². The summed E-state index contributed by atoms with van der Waals surface area (Å²) >= 11 is 1.31. The summed E-state index contributed by atoms with van der Waals surface area (Å²) in [5, 5.41) is 11.7. The van der Waals surface area contributed by atoms with Gasteiger partial charge >= 0.3 is 11.9 Å². The van der Waals surface area contributed by atoms with Crippen LogP contribution in [0.25, 0.3) is 0 Å². The molecule has 0 aromatic heterocycles. The molecule has 0 bridgehead atoms. The summed E-state index contributed by atoms with van der Waals surface area (Å²) in [6.07, 6.45) is 0.0420. The molecule has 2 atom stereocenters. The van der Waals surface area contributed by atoms with Crippen LogP contribution in [0.3, 0.4) is 0 Å². The van der Waals surface area contributed by atoms with Crippen molar-refractivity contribution in [1.29, 1.82) is 0 Å². The van der Waals surface area contributed by atoms with Crippen LogP contribution in [0.5, 0.6) is 5.75 Å². The number of rotatable bonds is 9. The zero-order valence-electron chi connectivity index (χ0n) is 16.8. The first-order valence-corrected chi connectivity index (χ1v) is 10.6. The van der Waals surface area contributed by atoms with Gasteiger partial charge in [-0.2, -0.15) is 0 Å². The molecule has 10 nitrogen and oxygen atoms in total. The summed E-state index contributed by atoms with van der Waals surface area (Å²) in [7, 11) is 0. The Labute approximate surface area is 182 Å². The van der Waals surface area contributed by atoms with Crippen molar-refractivity contribution < 1.29 is 33.8 Å². The average molecular weight is 449 g/mol. The number of nitrogens with two attached hydrogens (primary N) is 1. The summed E-state index contributed by atoms with van der Waals surface area (Å²) in [6.45, 7) is 1.76. The lowest BCUT2D eigenvalue weighted by Gasteiger charge is -2.49. The maximum absolute atomic E-state index is 12.6. The molecule has 4 N–H and O–H groups in total. The molecule has 3 rings (SSSR count). The number of carbonyl (C=O) groups is 4. The predicted octanol–water partition coefficient (Wildman–Crippen LogP) is -0.132. The van der Waals surface area contributed by atoms with Gasteiger partial charge in [0, 0.05) is 24.8 Å². The van der Waals surface area contributed by atoms with E-state index in [4.69, 9.17) is 15.2 Å². The quantitative estimate of drug-likeness (QED) is 0.346. The van der Waals surface area contributed by atoms with E-state index >= 15 is 0 Å². The van der Waals surface area contributed by atoms with Crippen molar-refractivity contribution in [2.75, 3.05) is 25.5 Å². The van der Waals surface area contributed by atoms with Crippen LogP contribution in [0.2, 0.25) is 0 Å². The van der Waals surface area contributed by atoms with E-state index in [1.165, 1.54) is 18.7 Å². The van der Waals surface area contributed by atoms with E-state index in [-0.39, 0.29) is 30.4 Å². The molecular weight excluding hydrogens is 426 g/mol. The van der Waals surface area contributed by atoms with E-state index in [9.17, 15) is 24.3 Å². The summed E-state index contributed by atoms with van der Waals surface area (Å²) in [4.78, 5) is 49.0. The number of carboxylic acids is 1. The van der Waals surface area contributed by atoms with Crippen LogP contribution in [0.15, 0.2) is 35.5 Å². The second-order valence-corrected chi connectivity index (χ2v) is 8.06. The molecule has 0 aliphatic carbocycles. The summed E-state index contributed by atoms with van der Waals surface area (Å²) in [6, 6.07) is 6.20. The number of fused-ring (bicyclic) bond motifs is 1. The van der Waals surface area contributed by atoms with Crippen molar-refractivity contribution in [3.8, 4) is 5.75 Å². The molecule has 0 radical (unpaired) electrons. The van der Waals surface area contributed by atoms with Crippen molar-refractivity contribution in [3.05, 3.63) is 41.1 Å². The smallest absolute Gasteiger partial charge is 0.352 e. The van der Waals surface area contributed by atoms with Gasteiger partial charge in [0.1, 0.15) is 36.1 Å². The fourth-order valence-electron chi connectivity index (χ4n) is 3.31. The number of nitrogens with zero attached hydrogens (tertiary/aromatic N) is 1. The first-order chi connectivity index (χ1) is 14.8. The van der Waals surface area contributed by atoms with Crippen molar-refractivity contribution in [1.82, 2.24) is 10.2 Å². The number of thioether (sulfide) groups is 1. The minimum atomic E-state index is -1.28. The van der Waals surface area contributed by atoms with E-state index < -0.39 is 29.3 Å². The molecule has 166 valence electrons. The molecule has 1 saturated heterocycles. The van der Waals surface area contributed by atoms with Crippen LogP contribution in [0, 0.1) is 0 Å². The standard InChI is InChI=1S/C20H23N3O7S/c1-11(24)30-9-13-10-31-19-16(18(26)23(19)17(13)20(27)28)22-15(25)8-12-3-2-4-14(7-12)29-6-5-21/h2-4,7,16,19H,5-6,8-10,21H2,1H3,(H,22,25)(H,27,28)/t16-,19-/m1/s1. The molecule has 2 aliphatic heterocycles. The number of hydrogen-bond donors (Lipinski definition) is 3. The highest BCUT2D eigenvalue weighted by Crippen LogP contribution is 2.40. The Hall–Kier alpha value is -3.05. The Kier molecular flexibility index (Phi) is 7.18. The first-order valence-electron chi connectivity index (χ1n) is 9.56. The number of carboxylic acid groups (broad SMARTS) is 1. The Morgan fingerprint density at radius 1 is 1.35 bits per heavy atom. The Bertz CT molecular complexity index is 933. The zero-order valence-corrected chi connectivity index (χ0v) is 17.6. The lowest BCUT2D eigenvalue weighted by molar-refractivity contribution is -0.151. The third-order valence-electron chi connectivity index (χ3n) is 4.67. The normalized spacial score (nSPS) is 19.9. The van der Waals surface area contributed by atoms with E-state index in [0.717, 1.165) is 4.90 Å². The van der Waals surface area contributed by atoms with Crippen LogP contribution >= 0.6 is 11.8 Å². The average Bonchev–Trinajstić information content (AvgIpc) is 2.73. The third kappa shape index (κ3) is 5.17. The minimum absolute atomic E-state index is 0.0420. The lowest BCUT2D eigenvalue weighted by Crippen LogP contribution is -2.70. The van der Waals surface area contributed by atoms with Gasteiger partial charge in [0.05, 0.1) is 6.42 Å². The van der Waals surface area contributed by atoms with E-state index in [1.54, 1.807) is 24.3 Å². The Morgan fingerprint density at radius 3 is 2.81 bits per heavy atom. The van der Waals surface area contributed by atoms with Crippen molar-refractivity contribution in [3.63, 3.8) is 0 Å². The lowest BCUT2D eigenvalue weighted by atomic mass is 10.0. The molecule has 1 fully saturated rings. The maximum atomic E-state index is 12.6. The SMILES string of the molecule is CC(=O)OCC1=C(C(=O)O)N2C(=O)[C@@H](NC(=O)Cc3cccc(OCCN)c3)[C@H]2SC1. The van der Waals surface area contributed by atoms with Crippen molar-refractivity contribution in [2.24, 2.45) is 5.73 Å². The topological polar surface area (TPSA) is 148 Å². The number of benzene rings is 1. The largest absolute Gasteiger partial charge is 0.492 e. The van der Waals surface area contributed by atoms with E-state index in [2.05, 4.69) is 5.32 Å². The number of nitrogens with one attached hydrogen (secondary N) is 1. The van der Waals surface area contributed by atoms with Crippen LogP contribution in [-0.4, -0.2) is 70.7 Å². The molecule has 1 aromatic carbocycles. The van der Waals surface area contributed by atoms with Crippen LogP contribution in [0.1, 0.15) is 12.5 Å². The van der Waals surface area contributed by atoms with Crippen LogP contribution < -0.4 is 15.8 Å². The summed E-state index contributed by atoms with van der Waals surface area (Å²) < 4.78 is 10.3. The molecular formula is C20H23N3O7S. The van der Waals surface area contributed by atoms with E-state index in [1.807, 2.05) is 0 Å². The molecule has 11 heteroatoms. The van der Waals surface area contributed by atoms with Gasteiger partial charge in [-0.05, 0) is 17.7 Å². The van der Waals surface area contributed by atoms with E-state index in [0.29, 0.717) is 30.0 Å². The fourth-order valence-corrected chi connectivity index (χ4v) is 4.64. The highest BCUT2D eigenvalue weighted by molar-refractivity contribution is 8.00. The summed E-state index contributed by atoms with van der Waals surface area (Å²) in [5.74, 6) is -1.82. The third-order valence-corrected chi connectivity index (χ3v) is 6.01. The van der Waals surface area contributed by atoms with Gasteiger partial charge in [-0.3, -0.25) is 19.3 Å². The molecule has 0 spiro atoms. The molecule has 0 saturated carbocycles. The Balaban J connectivity index is 1.64. The second-order valence-electron chi connectivity index (χ2n) is 6.95. The van der Waals surface area contributed by atoms with Crippen LogP contribution in [0.4, 0.5) is 0 Å². The number of aliphatic carboxylic acids is 1. The number of carbonyl (C=O) groups excluding carboxylic acids is 3.